The van der Waals surface area contributed by atoms with Crippen LogP contribution in [0.25, 0.3) is 0 Å². The Balaban J connectivity index is 3.00. The zero-order valence-corrected chi connectivity index (χ0v) is 7.22. The van der Waals surface area contributed by atoms with Crippen molar-refractivity contribution in [2.24, 2.45) is 0 Å². The number of aryl methyl sites for hydroxylation is 1. The third-order valence-electron chi connectivity index (χ3n) is 1.95. The molecule has 0 radical (unpaired) electrons. The second-order valence-corrected chi connectivity index (χ2v) is 2.89. The van der Waals surface area contributed by atoms with Gasteiger partial charge in [0.05, 0.1) is 0 Å². The van der Waals surface area contributed by atoms with Gasteiger partial charge in [-0.15, -0.1) is 0 Å². The predicted octanol–water partition coefficient (Wildman–Crippen LogP) is 2.53. The van der Waals surface area contributed by atoms with E-state index in [0.717, 1.165) is 18.5 Å². The highest BCUT2D eigenvalue weighted by molar-refractivity contribution is 5.50. The number of hydrogen-bond acceptors (Lipinski definition) is 1. The summed E-state index contributed by atoms with van der Waals surface area (Å²) >= 11 is 0. The Morgan fingerprint density at radius 1 is 1.36 bits per heavy atom. The van der Waals surface area contributed by atoms with Crippen LogP contribution < -0.4 is 5.73 Å². The molecular weight excluding hydrogens is 134 g/mol. The Labute approximate surface area is 68.2 Å². The maximum Gasteiger partial charge on any atom is 0.0349 e. The fourth-order valence-electron chi connectivity index (χ4n) is 1.32. The van der Waals surface area contributed by atoms with E-state index in [4.69, 9.17) is 5.73 Å². The molecule has 1 heteroatoms. The fourth-order valence-corrected chi connectivity index (χ4v) is 1.32. The van der Waals surface area contributed by atoms with E-state index in [1.165, 1.54) is 11.1 Å². The molecule has 2 N–H and O–H groups in total. The average molecular weight is 149 g/mol. The molecule has 0 saturated carbocycles. The van der Waals surface area contributed by atoms with E-state index in [9.17, 15) is 0 Å². The Kier molecular flexibility index (Phi) is 2.53. The Morgan fingerprint density at radius 3 is 2.64 bits per heavy atom. The lowest BCUT2D eigenvalue weighted by molar-refractivity contribution is 0.915. The molecule has 0 aliphatic carbocycles. The number of hydrogen-bond donors (Lipinski definition) is 1. The zero-order chi connectivity index (χ0) is 8.27. The summed E-state index contributed by atoms with van der Waals surface area (Å²) in [7, 11) is 0. The number of nitrogen functional groups attached to an aromatic ring is 1. The first-order chi connectivity index (χ1) is 5.25. The number of rotatable bonds is 2. The Bertz CT molecular complexity index is 220. The van der Waals surface area contributed by atoms with Gasteiger partial charge in [-0.25, -0.2) is 0 Å². The van der Waals surface area contributed by atoms with Crippen molar-refractivity contribution in [3.63, 3.8) is 0 Å². The third-order valence-corrected chi connectivity index (χ3v) is 1.95. The molecule has 0 fully saturated rings. The van der Waals surface area contributed by atoms with Gasteiger partial charge in [-0.2, -0.15) is 0 Å². The Hall–Kier alpha value is -0.980. The SMILES string of the molecule is CCCc1c(C)cccc1N. The minimum absolute atomic E-state index is 0.937. The van der Waals surface area contributed by atoms with Crippen molar-refractivity contribution in [3.05, 3.63) is 29.3 Å². The molecule has 1 aromatic carbocycles. The van der Waals surface area contributed by atoms with Crippen molar-refractivity contribution in [1.29, 1.82) is 0 Å². The molecule has 1 aromatic rings. The summed E-state index contributed by atoms with van der Waals surface area (Å²) in [6.45, 7) is 4.28. The van der Waals surface area contributed by atoms with Gasteiger partial charge in [-0.05, 0) is 30.5 Å². The summed E-state index contributed by atoms with van der Waals surface area (Å²) in [5.41, 5.74) is 9.37. The van der Waals surface area contributed by atoms with E-state index in [1.807, 2.05) is 12.1 Å². The highest BCUT2D eigenvalue weighted by Crippen LogP contribution is 2.17. The topological polar surface area (TPSA) is 26.0 Å². The smallest absolute Gasteiger partial charge is 0.0349 e. The third kappa shape index (κ3) is 1.73. The van der Waals surface area contributed by atoms with Gasteiger partial charge >= 0.3 is 0 Å². The van der Waals surface area contributed by atoms with Crippen molar-refractivity contribution in [3.8, 4) is 0 Å². The number of benzene rings is 1. The quantitative estimate of drug-likeness (QED) is 0.642. The molecule has 60 valence electrons. The van der Waals surface area contributed by atoms with Crippen LogP contribution in [-0.4, -0.2) is 0 Å². The van der Waals surface area contributed by atoms with Crippen LogP contribution in [0.5, 0.6) is 0 Å². The van der Waals surface area contributed by atoms with Gasteiger partial charge in [0.1, 0.15) is 0 Å². The molecule has 11 heavy (non-hydrogen) atoms. The van der Waals surface area contributed by atoms with Gasteiger partial charge in [0.2, 0.25) is 0 Å². The predicted molar refractivity (Wildman–Crippen MR) is 49.6 cm³/mol. The van der Waals surface area contributed by atoms with Gasteiger partial charge in [-0.1, -0.05) is 25.5 Å². The van der Waals surface area contributed by atoms with Crippen molar-refractivity contribution in [2.75, 3.05) is 5.73 Å². The zero-order valence-electron chi connectivity index (χ0n) is 7.22. The van der Waals surface area contributed by atoms with Crippen LogP contribution in [0.4, 0.5) is 5.69 Å². The molecule has 0 bridgehead atoms. The molecule has 0 heterocycles. The van der Waals surface area contributed by atoms with Crippen LogP contribution in [0.1, 0.15) is 24.5 Å². The standard InChI is InChI=1S/C10H15N/c1-3-5-9-8(2)6-4-7-10(9)11/h4,6-7H,3,5,11H2,1-2H3. The molecule has 0 unspecified atom stereocenters. The van der Waals surface area contributed by atoms with Crippen molar-refractivity contribution >= 4 is 5.69 Å². The normalized spacial score (nSPS) is 10.0. The van der Waals surface area contributed by atoms with E-state index < -0.39 is 0 Å². The molecule has 0 spiro atoms. The highest BCUT2D eigenvalue weighted by atomic mass is 14.6. The molecule has 1 nitrogen and oxygen atoms in total. The first-order valence-electron chi connectivity index (χ1n) is 4.09. The molecule has 1 rings (SSSR count). The molecular formula is C10H15N. The lowest BCUT2D eigenvalue weighted by Crippen LogP contribution is -1.96. The van der Waals surface area contributed by atoms with Gasteiger partial charge in [0.25, 0.3) is 0 Å². The van der Waals surface area contributed by atoms with Crippen LogP contribution in [0.3, 0.4) is 0 Å². The van der Waals surface area contributed by atoms with E-state index in [2.05, 4.69) is 19.9 Å². The maximum absolute atomic E-state index is 5.81. The van der Waals surface area contributed by atoms with Crippen molar-refractivity contribution in [2.45, 2.75) is 26.7 Å². The summed E-state index contributed by atoms with van der Waals surface area (Å²) in [5.74, 6) is 0. The van der Waals surface area contributed by atoms with Crippen LogP contribution >= 0.6 is 0 Å². The van der Waals surface area contributed by atoms with Crippen molar-refractivity contribution < 1.29 is 0 Å². The number of nitrogens with two attached hydrogens (primary N) is 1. The molecule has 0 aromatic heterocycles. The molecule has 0 amide bonds. The second-order valence-electron chi connectivity index (χ2n) is 2.89. The molecule has 0 atom stereocenters. The van der Waals surface area contributed by atoms with Crippen LogP contribution in [0.15, 0.2) is 18.2 Å². The van der Waals surface area contributed by atoms with Crippen LogP contribution in [0, 0.1) is 6.92 Å². The summed E-state index contributed by atoms with van der Waals surface area (Å²) < 4.78 is 0. The van der Waals surface area contributed by atoms with E-state index in [0.29, 0.717) is 0 Å². The Morgan fingerprint density at radius 2 is 2.09 bits per heavy atom. The second kappa shape index (κ2) is 3.42. The molecule has 0 aliphatic rings. The fraction of sp³-hybridized carbons (Fsp3) is 0.400. The summed E-state index contributed by atoms with van der Waals surface area (Å²) in [4.78, 5) is 0. The minimum atomic E-state index is 0.937. The van der Waals surface area contributed by atoms with E-state index >= 15 is 0 Å². The monoisotopic (exact) mass is 149 g/mol. The first-order valence-corrected chi connectivity index (χ1v) is 4.09. The van der Waals surface area contributed by atoms with Crippen LogP contribution in [0.2, 0.25) is 0 Å². The van der Waals surface area contributed by atoms with Gasteiger partial charge < -0.3 is 5.73 Å². The first kappa shape index (κ1) is 8.12. The summed E-state index contributed by atoms with van der Waals surface area (Å²) in [6.07, 6.45) is 2.26. The highest BCUT2D eigenvalue weighted by Gasteiger charge is 1.99. The largest absolute Gasteiger partial charge is 0.398 e. The van der Waals surface area contributed by atoms with E-state index in [1.54, 1.807) is 0 Å². The van der Waals surface area contributed by atoms with Gasteiger partial charge in [0.15, 0.2) is 0 Å². The van der Waals surface area contributed by atoms with E-state index in [-0.39, 0.29) is 0 Å². The average Bonchev–Trinajstić information content (AvgIpc) is 1.97. The number of anilines is 1. The maximum atomic E-state index is 5.81. The molecule has 0 saturated heterocycles. The van der Waals surface area contributed by atoms with Gasteiger partial charge in [-0.3, -0.25) is 0 Å². The summed E-state index contributed by atoms with van der Waals surface area (Å²) in [6, 6.07) is 6.09. The minimum Gasteiger partial charge on any atom is -0.398 e. The van der Waals surface area contributed by atoms with Gasteiger partial charge in [0, 0.05) is 5.69 Å². The lowest BCUT2D eigenvalue weighted by atomic mass is 10.0. The lowest BCUT2D eigenvalue weighted by Gasteiger charge is -2.06. The summed E-state index contributed by atoms with van der Waals surface area (Å²) in [5, 5.41) is 0. The molecule has 0 aliphatic heterocycles. The van der Waals surface area contributed by atoms with Crippen molar-refractivity contribution in [1.82, 2.24) is 0 Å². The van der Waals surface area contributed by atoms with Crippen LogP contribution in [-0.2, 0) is 6.42 Å².